The number of aromatic nitrogens is 3. The summed E-state index contributed by atoms with van der Waals surface area (Å²) in [5.41, 5.74) is 0.00888. The van der Waals surface area contributed by atoms with Crippen molar-refractivity contribution < 1.29 is 9.47 Å². The van der Waals surface area contributed by atoms with E-state index in [1.165, 1.54) is 0 Å². The van der Waals surface area contributed by atoms with Crippen molar-refractivity contribution in [2.75, 3.05) is 26.4 Å². The van der Waals surface area contributed by atoms with E-state index < -0.39 is 0 Å². The fourth-order valence-corrected chi connectivity index (χ4v) is 3.12. The highest BCUT2D eigenvalue weighted by Gasteiger charge is 2.39. The molecule has 1 aromatic rings. The molecule has 0 aliphatic carbocycles. The quantitative estimate of drug-likeness (QED) is 0.900. The van der Waals surface area contributed by atoms with Crippen LogP contribution in [0.15, 0.2) is 6.33 Å². The molecule has 0 saturated carbocycles. The predicted octanol–water partition coefficient (Wildman–Crippen LogP) is 1.29. The molecule has 2 fully saturated rings. The summed E-state index contributed by atoms with van der Waals surface area (Å²) in [5.74, 6) is 0.874. The van der Waals surface area contributed by atoms with Crippen LogP contribution in [0.4, 0.5) is 0 Å². The highest BCUT2D eigenvalue weighted by atomic mass is 16.5. The number of ether oxygens (including phenoxy) is 2. The molecule has 1 atom stereocenters. The van der Waals surface area contributed by atoms with E-state index in [-0.39, 0.29) is 5.60 Å². The van der Waals surface area contributed by atoms with Gasteiger partial charge in [0.15, 0.2) is 5.82 Å². The monoisotopic (exact) mass is 280 g/mol. The lowest BCUT2D eigenvalue weighted by molar-refractivity contribution is -0.145. The first kappa shape index (κ1) is 14.0. The Labute approximate surface area is 119 Å². The van der Waals surface area contributed by atoms with Crippen molar-refractivity contribution in [1.29, 1.82) is 0 Å². The predicted molar refractivity (Wildman–Crippen MR) is 74.4 cm³/mol. The zero-order chi connectivity index (χ0) is 13.8. The Hall–Kier alpha value is -0.980. The molecule has 2 saturated heterocycles. The maximum absolute atomic E-state index is 6.08. The van der Waals surface area contributed by atoms with Crippen LogP contribution < -0.4 is 5.32 Å². The first-order chi connectivity index (χ1) is 9.81. The van der Waals surface area contributed by atoms with E-state index in [0.717, 1.165) is 64.4 Å². The number of nitrogens with zero attached hydrogens (tertiary/aromatic N) is 3. The maximum atomic E-state index is 6.08. The van der Waals surface area contributed by atoms with Crippen molar-refractivity contribution in [1.82, 2.24) is 20.1 Å². The van der Waals surface area contributed by atoms with Crippen LogP contribution in [0.3, 0.4) is 0 Å². The molecule has 1 unspecified atom stereocenters. The zero-order valence-electron chi connectivity index (χ0n) is 12.2. The fourth-order valence-electron chi connectivity index (χ4n) is 3.12. The normalized spacial score (nSPS) is 25.9. The molecule has 0 bridgehead atoms. The third-order valence-corrected chi connectivity index (χ3v) is 4.33. The molecule has 1 N–H and O–H groups in total. The molecule has 6 nitrogen and oxygen atoms in total. The topological polar surface area (TPSA) is 61.2 Å². The summed E-state index contributed by atoms with van der Waals surface area (Å²) in [5, 5.41) is 7.86. The molecule has 3 heterocycles. The van der Waals surface area contributed by atoms with E-state index in [9.17, 15) is 0 Å². The molecule has 6 heteroatoms. The van der Waals surface area contributed by atoms with E-state index >= 15 is 0 Å². The summed E-state index contributed by atoms with van der Waals surface area (Å²) in [4.78, 5) is 4.39. The Bertz CT molecular complexity index is 423. The van der Waals surface area contributed by atoms with Gasteiger partial charge in [-0.3, -0.25) is 0 Å². The van der Waals surface area contributed by atoms with Crippen molar-refractivity contribution in [2.24, 2.45) is 0 Å². The molecular weight excluding hydrogens is 256 g/mol. The van der Waals surface area contributed by atoms with Crippen LogP contribution in [0.2, 0.25) is 0 Å². The van der Waals surface area contributed by atoms with Crippen LogP contribution in [0, 0.1) is 0 Å². The minimum Gasteiger partial charge on any atom is -0.381 e. The Kier molecular flexibility index (Phi) is 4.33. The molecule has 3 rings (SSSR count). The minimum atomic E-state index is 0.00888. The van der Waals surface area contributed by atoms with E-state index in [1.807, 2.05) is 11.0 Å². The second-order valence-electron chi connectivity index (χ2n) is 5.71. The largest absolute Gasteiger partial charge is 0.381 e. The summed E-state index contributed by atoms with van der Waals surface area (Å²) in [7, 11) is 0. The van der Waals surface area contributed by atoms with Crippen LogP contribution in [0.5, 0.6) is 0 Å². The van der Waals surface area contributed by atoms with Gasteiger partial charge in [0.1, 0.15) is 6.33 Å². The average Bonchev–Trinajstić information content (AvgIpc) is 2.95. The first-order valence-corrected chi connectivity index (χ1v) is 7.64. The minimum absolute atomic E-state index is 0.00888. The molecule has 20 heavy (non-hydrogen) atoms. The van der Waals surface area contributed by atoms with Crippen molar-refractivity contribution in [3.8, 4) is 0 Å². The number of rotatable bonds is 4. The van der Waals surface area contributed by atoms with Crippen molar-refractivity contribution in [3.63, 3.8) is 0 Å². The van der Waals surface area contributed by atoms with Gasteiger partial charge in [0.2, 0.25) is 0 Å². The molecular formula is C14H24N4O2. The summed E-state index contributed by atoms with van der Waals surface area (Å²) in [6.45, 7) is 6.21. The molecule has 2 aliphatic rings. The third-order valence-electron chi connectivity index (χ3n) is 4.33. The lowest BCUT2D eigenvalue weighted by atomic mass is 9.84. The standard InChI is InChI=1S/C14H24N4O2/c1-2-15-10-13-16-11-18(17-13)12-3-6-20-14(9-12)4-7-19-8-5-14/h11-12,15H,2-10H2,1H3. The lowest BCUT2D eigenvalue weighted by Crippen LogP contribution is -2.44. The Balaban J connectivity index is 1.65. The third kappa shape index (κ3) is 3.02. The van der Waals surface area contributed by atoms with Gasteiger partial charge < -0.3 is 14.8 Å². The van der Waals surface area contributed by atoms with Gasteiger partial charge in [-0.05, 0) is 32.2 Å². The second kappa shape index (κ2) is 6.20. The van der Waals surface area contributed by atoms with Gasteiger partial charge >= 0.3 is 0 Å². The van der Waals surface area contributed by atoms with E-state index in [4.69, 9.17) is 9.47 Å². The summed E-state index contributed by atoms with van der Waals surface area (Å²) < 4.78 is 13.6. The smallest absolute Gasteiger partial charge is 0.164 e. The van der Waals surface area contributed by atoms with E-state index in [2.05, 4.69) is 22.3 Å². The molecule has 2 aliphatic heterocycles. The number of hydrogen-bond donors (Lipinski definition) is 1. The highest BCUT2D eigenvalue weighted by Crippen LogP contribution is 2.38. The number of hydrogen-bond acceptors (Lipinski definition) is 5. The Morgan fingerprint density at radius 3 is 3.05 bits per heavy atom. The Morgan fingerprint density at radius 1 is 1.40 bits per heavy atom. The maximum Gasteiger partial charge on any atom is 0.164 e. The van der Waals surface area contributed by atoms with Gasteiger partial charge in [-0.25, -0.2) is 9.67 Å². The molecule has 112 valence electrons. The van der Waals surface area contributed by atoms with Crippen LogP contribution in [0.25, 0.3) is 0 Å². The van der Waals surface area contributed by atoms with Gasteiger partial charge in [-0.1, -0.05) is 6.92 Å². The van der Waals surface area contributed by atoms with Gasteiger partial charge in [-0.15, -0.1) is 0 Å². The Morgan fingerprint density at radius 2 is 2.25 bits per heavy atom. The molecule has 0 radical (unpaired) electrons. The summed E-state index contributed by atoms with van der Waals surface area (Å²) >= 11 is 0. The van der Waals surface area contributed by atoms with Crippen LogP contribution in [-0.4, -0.2) is 46.7 Å². The van der Waals surface area contributed by atoms with E-state index in [1.54, 1.807) is 0 Å². The van der Waals surface area contributed by atoms with E-state index in [0.29, 0.717) is 6.04 Å². The molecule has 0 amide bonds. The highest BCUT2D eigenvalue weighted by molar-refractivity contribution is 4.92. The first-order valence-electron chi connectivity index (χ1n) is 7.64. The summed E-state index contributed by atoms with van der Waals surface area (Å²) in [6.07, 6.45) is 5.92. The average molecular weight is 280 g/mol. The summed E-state index contributed by atoms with van der Waals surface area (Å²) in [6, 6.07) is 0.407. The molecule has 1 aromatic heterocycles. The van der Waals surface area contributed by atoms with Crippen molar-refractivity contribution in [3.05, 3.63) is 12.2 Å². The SMILES string of the molecule is CCNCc1ncn(C2CCOC3(CCOCC3)C2)n1. The second-order valence-corrected chi connectivity index (χ2v) is 5.71. The molecule has 1 spiro atoms. The van der Waals surface area contributed by atoms with Crippen molar-refractivity contribution in [2.45, 2.75) is 50.8 Å². The van der Waals surface area contributed by atoms with Gasteiger partial charge in [0, 0.05) is 19.8 Å². The number of nitrogens with one attached hydrogen (secondary N) is 1. The lowest BCUT2D eigenvalue weighted by Gasteiger charge is -2.43. The zero-order valence-corrected chi connectivity index (χ0v) is 12.2. The van der Waals surface area contributed by atoms with Crippen LogP contribution >= 0.6 is 0 Å². The van der Waals surface area contributed by atoms with Gasteiger partial charge in [-0.2, -0.15) is 5.10 Å². The van der Waals surface area contributed by atoms with Crippen LogP contribution in [0.1, 0.15) is 44.5 Å². The van der Waals surface area contributed by atoms with Gasteiger partial charge in [0.05, 0.1) is 18.2 Å². The van der Waals surface area contributed by atoms with Crippen LogP contribution in [-0.2, 0) is 16.0 Å². The van der Waals surface area contributed by atoms with Gasteiger partial charge in [0.25, 0.3) is 0 Å². The fraction of sp³-hybridized carbons (Fsp3) is 0.857. The van der Waals surface area contributed by atoms with Crippen molar-refractivity contribution >= 4 is 0 Å². The molecule has 0 aromatic carbocycles.